The maximum absolute atomic E-state index is 11.6. The lowest BCUT2D eigenvalue weighted by atomic mass is 10.0. The number of carbonyl (C=O) groups is 1. The summed E-state index contributed by atoms with van der Waals surface area (Å²) >= 11 is 6.70. The van der Waals surface area contributed by atoms with Crippen LogP contribution in [-0.2, 0) is 11.3 Å². The maximum Gasteiger partial charge on any atom is 0.409 e. The molecule has 27 heavy (non-hydrogen) atoms. The van der Waals surface area contributed by atoms with Crippen molar-refractivity contribution in [2.24, 2.45) is 0 Å². The van der Waals surface area contributed by atoms with Crippen molar-refractivity contribution < 1.29 is 9.53 Å². The van der Waals surface area contributed by atoms with Crippen LogP contribution in [-0.4, -0.2) is 47.0 Å². The third kappa shape index (κ3) is 4.45. The number of hydrogen-bond acceptors (Lipinski definition) is 4. The van der Waals surface area contributed by atoms with Gasteiger partial charge in [-0.25, -0.2) is 9.48 Å². The van der Waals surface area contributed by atoms with Gasteiger partial charge in [0.1, 0.15) is 5.15 Å². The SMILES string of the molecule is COC(=O)N1CCC(NCc2c(C(C)C)nn(-c3ccccc3)c2Cl)CC1. The zero-order valence-electron chi connectivity index (χ0n) is 16.1. The van der Waals surface area contributed by atoms with Crippen LogP contribution in [0.25, 0.3) is 5.69 Å². The molecule has 0 radical (unpaired) electrons. The lowest BCUT2D eigenvalue weighted by Gasteiger charge is -2.31. The topological polar surface area (TPSA) is 59.4 Å². The lowest BCUT2D eigenvalue weighted by Crippen LogP contribution is -2.44. The Labute approximate surface area is 165 Å². The number of likely N-dealkylation sites (tertiary alicyclic amines) is 1. The number of hydrogen-bond donors (Lipinski definition) is 1. The van der Waals surface area contributed by atoms with E-state index in [1.54, 1.807) is 4.90 Å². The number of carbonyl (C=O) groups excluding carboxylic acids is 1. The second-order valence-corrected chi connectivity index (χ2v) is 7.53. The van der Waals surface area contributed by atoms with Gasteiger partial charge in [-0.2, -0.15) is 5.10 Å². The molecular weight excluding hydrogens is 364 g/mol. The molecule has 0 aliphatic carbocycles. The van der Waals surface area contributed by atoms with E-state index in [-0.39, 0.29) is 12.0 Å². The van der Waals surface area contributed by atoms with Gasteiger partial charge in [-0.15, -0.1) is 0 Å². The highest BCUT2D eigenvalue weighted by molar-refractivity contribution is 6.30. The third-order valence-corrected chi connectivity index (χ3v) is 5.38. The average molecular weight is 391 g/mol. The van der Waals surface area contributed by atoms with Gasteiger partial charge < -0.3 is 15.0 Å². The number of amides is 1. The number of ether oxygens (including phenoxy) is 1. The number of rotatable bonds is 5. The number of aromatic nitrogens is 2. The van der Waals surface area contributed by atoms with E-state index in [1.165, 1.54) is 7.11 Å². The quantitative estimate of drug-likeness (QED) is 0.839. The molecule has 146 valence electrons. The van der Waals surface area contributed by atoms with Crippen LogP contribution < -0.4 is 5.32 Å². The van der Waals surface area contributed by atoms with Gasteiger partial charge in [0.05, 0.1) is 18.5 Å². The van der Waals surface area contributed by atoms with Crippen LogP contribution in [0.2, 0.25) is 5.15 Å². The van der Waals surface area contributed by atoms with Crippen LogP contribution in [0.1, 0.15) is 43.9 Å². The predicted octanol–water partition coefficient (Wildman–Crippen LogP) is 3.97. The number of para-hydroxylation sites is 1. The molecule has 0 bridgehead atoms. The summed E-state index contributed by atoms with van der Waals surface area (Å²) in [6.07, 6.45) is 1.55. The summed E-state index contributed by atoms with van der Waals surface area (Å²) < 4.78 is 6.61. The molecule has 2 aromatic rings. The zero-order chi connectivity index (χ0) is 19.4. The van der Waals surface area contributed by atoms with Crippen molar-refractivity contribution in [3.63, 3.8) is 0 Å². The Bertz CT molecular complexity index is 768. The summed E-state index contributed by atoms with van der Waals surface area (Å²) in [6.45, 7) is 6.34. The molecule has 0 saturated carbocycles. The largest absolute Gasteiger partial charge is 0.453 e. The van der Waals surface area contributed by atoms with E-state index < -0.39 is 0 Å². The molecule has 1 saturated heterocycles. The molecule has 0 spiro atoms. The first kappa shape index (κ1) is 19.7. The normalized spacial score (nSPS) is 15.4. The van der Waals surface area contributed by atoms with E-state index in [0.29, 0.717) is 30.8 Å². The summed E-state index contributed by atoms with van der Waals surface area (Å²) in [5.41, 5.74) is 3.02. The number of nitrogens with zero attached hydrogens (tertiary/aromatic N) is 3. The van der Waals surface area contributed by atoms with E-state index in [2.05, 4.69) is 19.2 Å². The van der Waals surface area contributed by atoms with Crippen molar-refractivity contribution >= 4 is 17.7 Å². The summed E-state index contributed by atoms with van der Waals surface area (Å²) in [4.78, 5) is 13.4. The third-order valence-electron chi connectivity index (χ3n) is 4.99. The molecule has 1 aromatic heterocycles. The molecule has 1 aliphatic rings. The molecule has 1 aliphatic heterocycles. The van der Waals surface area contributed by atoms with Crippen LogP contribution in [0.5, 0.6) is 0 Å². The van der Waals surface area contributed by atoms with Gasteiger partial charge in [-0.05, 0) is 30.9 Å². The minimum atomic E-state index is -0.247. The van der Waals surface area contributed by atoms with Crippen molar-refractivity contribution in [3.05, 3.63) is 46.7 Å². The molecule has 0 atom stereocenters. The first-order valence-corrected chi connectivity index (χ1v) is 9.78. The highest BCUT2D eigenvalue weighted by Gasteiger charge is 2.25. The minimum absolute atomic E-state index is 0.247. The Balaban J connectivity index is 1.70. The molecular formula is C20H27ClN4O2. The Hall–Kier alpha value is -2.05. The molecule has 6 nitrogen and oxygen atoms in total. The van der Waals surface area contributed by atoms with Crippen LogP contribution >= 0.6 is 11.6 Å². The van der Waals surface area contributed by atoms with Crippen LogP contribution in [0.15, 0.2) is 30.3 Å². The Morgan fingerprint density at radius 3 is 2.56 bits per heavy atom. The fraction of sp³-hybridized carbons (Fsp3) is 0.500. The number of piperidine rings is 1. The summed E-state index contributed by atoms with van der Waals surface area (Å²) in [6, 6.07) is 10.3. The number of methoxy groups -OCH3 is 1. The second kappa shape index (κ2) is 8.76. The maximum atomic E-state index is 11.6. The van der Waals surface area contributed by atoms with Crippen molar-refractivity contribution in [2.75, 3.05) is 20.2 Å². The van der Waals surface area contributed by atoms with Gasteiger partial charge in [0.15, 0.2) is 0 Å². The summed E-state index contributed by atoms with van der Waals surface area (Å²) in [7, 11) is 1.42. The summed E-state index contributed by atoms with van der Waals surface area (Å²) in [5.74, 6) is 0.283. The van der Waals surface area contributed by atoms with Gasteiger partial charge in [0, 0.05) is 31.2 Å². The fourth-order valence-corrected chi connectivity index (χ4v) is 3.75. The van der Waals surface area contributed by atoms with Gasteiger partial charge in [-0.3, -0.25) is 0 Å². The Morgan fingerprint density at radius 1 is 1.30 bits per heavy atom. The fourth-order valence-electron chi connectivity index (χ4n) is 3.45. The average Bonchev–Trinajstić information content (AvgIpc) is 3.03. The molecule has 2 heterocycles. The van der Waals surface area contributed by atoms with Crippen LogP contribution in [0, 0.1) is 0 Å². The smallest absolute Gasteiger partial charge is 0.409 e. The molecule has 7 heteroatoms. The minimum Gasteiger partial charge on any atom is -0.453 e. The van der Waals surface area contributed by atoms with E-state index in [0.717, 1.165) is 29.8 Å². The van der Waals surface area contributed by atoms with E-state index in [9.17, 15) is 4.79 Å². The van der Waals surface area contributed by atoms with Crippen molar-refractivity contribution in [3.8, 4) is 5.69 Å². The molecule has 0 unspecified atom stereocenters. The van der Waals surface area contributed by atoms with Crippen LogP contribution in [0.3, 0.4) is 0 Å². The number of nitrogens with one attached hydrogen (secondary N) is 1. The van der Waals surface area contributed by atoms with Gasteiger partial charge in [-0.1, -0.05) is 43.6 Å². The van der Waals surface area contributed by atoms with Gasteiger partial charge in [0.2, 0.25) is 0 Å². The first-order chi connectivity index (χ1) is 13.0. The highest BCUT2D eigenvalue weighted by Crippen LogP contribution is 2.28. The lowest BCUT2D eigenvalue weighted by molar-refractivity contribution is 0.109. The van der Waals surface area contributed by atoms with E-state index in [1.807, 2.05) is 35.0 Å². The molecule has 3 rings (SSSR count). The molecule has 1 aromatic carbocycles. The van der Waals surface area contributed by atoms with Crippen LogP contribution in [0.4, 0.5) is 4.79 Å². The van der Waals surface area contributed by atoms with E-state index in [4.69, 9.17) is 21.4 Å². The van der Waals surface area contributed by atoms with E-state index >= 15 is 0 Å². The predicted molar refractivity (Wildman–Crippen MR) is 107 cm³/mol. The first-order valence-electron chi connectivity index (χ1n) is 9.40. The second-order valence-electron chi connectivity index (χ2n) is 7.17. The molecule has 1 fully saturated rings. The Morgan fingerprint density at radius 2 is 1.96 bits per heavy atom. The molecule has 1 amide bonds. The standard InChI is InChI=1S/C20H27ClN4O2/c1-14(2)18-17(19(21)25(23-18)16-7-5-4-6-8-16)13-22-15-9-11-24(12-10-15)20(26)27-3/h4-8,14-15,22H,9-13H2,1-3H3. The van der Waals surface area contributed by atoms with Crippen molar-refractivity contribution in [2.45, 2.75) is 45.2 Å². The van der Waals surface area contributed by atoms with Crippen molar-refractivity contribution in [1.82, 2.24) is 20.0 Å². The Kier molecular flexibility index (Phi) is 6.39. The van der Waals surface area contributed by atoms with Crippen molar-refractivity contribution in [1.29, 1.82) is 0 Å². The monoisotopic (exact) mass is 390 g/mol. The highest BCUT2D eigenvalue weighted by atomic mass is 35.5. The molecule has 1 N–H and O–H groups in total. The number of benzene rings is 1. The number of halogens is 1. The van der Waals surface area contributed by atoms with Gasteiger partial charge >= 0.3 is 6.09 Å². The summed E-state index contributed by atoms with van der Waals surface area (Å²) in [5, 5.41) is 9.02. The zero-order valence-corrected chi connectivity index (χ0v) is 16.9. The van der Waals surface area contributed by atoms with Gasteiger partial charge in [0.25, 0.3) is 0 Å².